The molecule has 0 aromatic heterocycles. The van der Waals surface area contributed by atoms with Crippen LogP contribution in [0.25, 0.3) is 0 Å². The van der Waals surface area contributed by atoms with E-state index in [1.54, 1.807) is 6.92 Å². The van der Waals surface area contributed by atoms with E-state index in [0.717, 1.165) is 0 Å². The highest BCUT2D eigenvalue weighted by Gasteiger charge is 2.13. The standard InChI is InChI=1S/C8H15O3/c1-6(2)5-11-8(10)7(3)4-9/h6-7H,4-5H2,1-3H3. The monoisotopic (exact) mass is 159 g/mol. The van der Waals surface area contributed by atoms with Crippen molar-refractivity contribution in [2.45, 2.75) is 20.8 Å². The maximum absolute atomic E-state index is 10.9. The molecule has 0 aromatic rings. The summed E-state index contributed by atoms with van der Waals surface area (Å²) in [5, 5.41) is 10.2. The number of carbonyl (C=O) groups excluding carboxylic acids is 1. The van der Waals surface area contributed by atoms with Crippen LogP contribution in [0.3, 0.4) is 0 Å². The lowest BCUT2D eigenvalue weighted by atomic mass is 10.2. The molecule has 0 aromatic carbocycles. The Kier molecular flexibility index (Phi) is 4.86. The Morgan fingerprint density at radius 3 is 2.27 bits per heavy atom. The van der Waals surface area contributed by atoms with Crippen molar-refractivity contribution in [3.8, 4) is 0 Å². The van der Waals surface area contributed by atoms with Gasteiger partial charge < -0.3 is 4.74 Å². The van der Waals surface area contributed by atoms with Crippen LogP contribution in [-0.4, -0.2) is 19.2 Å². The summed E-state index contributed by atoms with van der Waals surface area (Å²) in [6.45, 7) is 5.50. The second kappa shape index (κ2) is 5.13. The second-order valence-electron chi connectivity index (χ2n) is 3.09. The summed E-state index contributed by atoms with van der Waals surface area (Å²) in [5.74, 6) is -0.555. The molecule has 0 bridgehead atoms. The first-order chi connectivity index (χ1) is 5.07. The highest BCUT2D eigenvalue weighted by Crippen LogP contribution is 2.00. The minimum Gasteiger partial charge on any atom is -0.465 e. The zero-order valence-corrected chi connectivity index (χ0v) is 7.29. The van der Waals surface area contributed by atoms with Crippen molar-refractivity contribution in [3.05, 3.63) is 0 Å². The van der Waals surface area contributed by atoms with Gasteiger partial charge in [0.1, 0.15) is 0 Å². The summed E-state index contributed by atoms with van der Waals surface area (Å²) < 4.78 is 4.82. The molecule has 0 aliphatic heterocycles. The lowest BCUT2D eigenvalue weighted by Gasteiger charge is -2.09. The van der Waals surface area contributed by atoms with E-state index in [2.05, 4.69) is 0 Å². The average molecular weight is 159 g/mol. The minimum atomic E-state index is -0.506. The molecule has 1 unspecified atom stereocenters. The Morgan fingerprint density at radius 1 is 1.36 bits per heavy atom. The van der Waals surface area contributed by atoms with Crippen LogP contribution in [0.4, 0.5) is 0 Å². The zero-order chi connectivity index (χ0) is 8.85. The van der Waals surface area contributed by atoms with Gasteiger partial charge in [-0.3, -0.25) is 4.79 Å². The van der Waals surface area contributed by atoms with Gasteiger partial charge in [0.15, 0.2) is 0 Å². The predicted molar refractivity (Wildman–Crippen MR) is 40.5 cm³/mol. The Labute approximate surface area is 67.4 Å². The van der Waals surface area contributed by atoms with Gasteiger partial charge in [-0.1, -0.05) is 13.8 Å². The highest BCUT2D eigenvalue weighted by molar-refractivity contribution is 5.72. The number of carbonyl (C=O) groups is 1. The molecule has 0 saturated carbocycles. The Bertz CT molecular complexity index is 121. The summed E-state index contributed by atoms with van der Waals surface area (Å²) in [6.07, 6.45) is 0. The lowest BCUT2D eigenvalue weighted by Crippen LogP contribution is -2.19. The van der Waals surface area contributed by atoms with Gasteiger partial charge in [-0.15, -0.1) is 0 Å². The fraction of sp³-hybridized carbons (Fsp3) is 0.875. The van der Waals surface area contributed by atoms with Crippen LogP contribution in [0.15, 0.2) is 0 Å². The Balaban J connectivity index is 3.52. The van der Waals surface area contributed by atoms with E-state index in [-0.39, 0.29) is 5.97 Å². The van der Waals surface area contributed by atoms with Crippen molar-refractivity contribution in [2.75, 3.05) is 13.2 Å². The van der Waals surface area contributed by atoms with Crippen molar-refractivity contribution in [2.24, 2.45) is 11.8 Å². The third kappa shape index (κ3) is 4.79. The van der Waals surface area contributed by atoms with Crippen LogP contribution in [0, 0.1) is 11.8 Å². The molecule has 0 fully saturated rings. The van der Waals surface area contributed by atoms with Gasteiger partial charge in [0.05, 0.1) is 19.1 Å². The molecule has 1 atom stereocenters. The molecule has 65 valence electrons. The SMILES string of the molecule is CC(C)COC(=O)C(C)C[O]. The Morgan fingerprint density at radius 2 is 1.91 bits per heavy atom. The molecule has 11 heavy (non-hydrogen) atoms. The van der Waals surface area contributed by atoms with Crippen molar-refractivity contribution in [3.63, 3.8) is 0 Å². The summed E-state index contributed by atoms with van der Waals surface area (Å²) in [4.78, 5) is 10.9. The van der Waals surface area contributed by atoms with E-state index < -0.39 is 12.5 Å². The molecular weight excluding hydrogens is 144 g/mol. The number of ether oxygens (including phenoxy) is 1. The largest absolute Gasteiger partial charge is 0.465 e. The van der Waals surface area contributed by atoms with E-state index >= 15 is 0 Å². The summed E-state index contributed by atoms with van der Waals surface area (Å²) in [7, 11) is 0. The third-order valence-electron chi connectivity index (χ3n) is 1.21. The molecule has 0 amide bonds. The molecule has 0 saturated heterocycles. The van der Waals surface area contributed by atoms with Crippen LogP contribution >= 0.6 is 0 Å². The van der Waals surface area contributed by atoms with Crippen LogP contribution < -0.4 is 0 Å². The fourth-order valence-electron chi connectivity index (χ4n) is 0.459. The maximum atomic E-state index is 10.9. The van der Waals surface area contributed by atoms with Crippen molar-refractivity contribution < 1.29 is 14.6 Å². The van der Waals surface area contributed by atoms with Gasteiger partial charge in [-0.25, -0.2) is 5.11 Å². The molecule has 0 heterocycles. The molecule has 0 spiro atoms. The molecule has 3 heteroatoms. The predicted octanol–water partition coefficient (Wildman–Crippen LogP) is 1.25. The highest BCUT2D eigenvalue weighted by atomic mass is 16.5. The van der Waals surface area contributed by atoms with Gasteiger partial charge in [0, 0.05) is 0 Å². The number of esters is 1. The minimum absolute atomic E-state index is 0.331. The molecule has 3 nitrogen and oxygen atoms in total. The van der Waals surface area contributed by atoms with E-state index in [9.17, 15) is 9.90 Å². The Hall–Kier alpha value is -0.570. The molecular formula is C8H15O3. The topological polar surface area (TPSA) is 46.2 Å². The van der Waals surface area contributed by atoms with Crippen LogP contribution in [-0.2, 0) is 14.6 Å². The summed E-state index contributed by atoms with van der Waals surface area (Å²) in [5.41, 5.74) is 0. The first-order valence-electron chi connectivity index (χ1n) is 3.82. The zero-order valence-electron chi connectivity index (χ0n) is 7.29. The van der Waals surface area contributed by atoms with Crippen molar-refractivity contribution in [1.82, 2.24) is 0 Å². The van der Waals surface area contributed by atoms with Crippen LogP contribution in [0.1, 0.15) is 20.8 Å². The smallest absolute Gasteiger partial charge is 0.311 e. The van der Waals surface area contributed by atoms with Crippen molar-refractivity contribution in [1.29, 1.82) is 0 Å². The van der Waals surface area contributed by atoms with Crippen LogP contribution in [0.5, 0.6) is 0 Å². The molecule has 1 radical (unpaired) electrons. The second-order valence-corrected chi connectivity index (χ2v) is 3.09. The average Bonchev–Trinajstić information content (AvgIpc) is 1.98. The summed E-state index contributed by atoms with van der Waals surface area (Å²) >= 11 is 0. The van der Waals surface area contributed by atoms with E-state index in [0.29, 0.717) is 12.5 Å². The third-order valence-corrected chi connectivity index (χ3v) is 1.21. The van der Waals surface area contributed by atoms with Gasteiger partial charge in [-0.05, 0) is 12.8 Å². The molecule has 0 rings (SSSR count). The number of hydrogen-bond donors (Lipinski definition) is 0. The normalized spacial score (nSPS) is 13.2. The number of rotatable bonds is 4. The summed E-state index contributed by atoms with van der Waals surface area (Å²) in [6, 6.07) is 0. The van der Waals surface area contributed by atoms with Crippen molar-refractivity contribution >= 4 is 5.97 Å². The molecule has 0 aliphatic carbocycles. The first-order valence-corrected chi connectivity index (χ1v) is 3.82. The van der Waals surface area contributed by atoms with Gasteiger partial charge in [0.2, 0.25) is 0 Å². The first kappa shape index (κ1) is 10.4. The number of hydrogen-bond acceptors (Lipinski definition) is 2. The quantitative estimate of drug-likeness (QED) is 0.579. The van der Waals surface area contributed by atoms with E-state index in [4.69, 9.17) is 4.74 Å². The molecule has 0 N–H and O–H groups in total. The van der Waals surface area contributed by atoms with Crippen LogP contribution in [0.2, 0.25) is 0 Å². The van der Waals surface area contributed by atoms with Gasteiger partial charge >= 0.3 is 5.97 Å². The molecule has 0 aliphatic rings. The fourth-order valence-corrected chi connectivity index (χ4v) is 0.459. The van der Waals surface area contributed by atoms with E-state index in [1.807, 2.05) is 13.8 Å². The maximum Gasteiger partial charge on any atom is 0.311 e. The lowest BCUT2D eigenvalue weighted by molar-refractivity contribution is -0.150. The van der Waals surface area contributed by atoms with E-state index in [1.165, 1.54) is 0 Å². The van der Waals surface area contributed by atoms with Gasteiger partial charge in [0.25, 0.3) is 0 Å². The van der Waals surface area contributed by atoms with Gasteiger partial charge in [-0.2, -0.15) is 0 Å².